The number of rotatable bonds is 2. The summed E-state index contributed by atoms with van der Waals surface area (Å²) in [5.74, 6) is -1.81. The van der Waals surface area contributed by atoms with Gasteiger partial charge >= 0.3 is 12.0 Å². The minimum absolute atomic E-state index is 0.0315. The van der Waals surface area contributed by atoms with Crippen molar-refractivity contribution in [2.45, 2.75) is 0 Å². The van der Waals surface area contributed by atoms with E-state index >= 15 is 0 Å². The van der Waals surface area contributed by atoms with E-state index in [0.29, 0.717) is 26.2 Å². The van der Waals surface area contributed by atoms with Crippen molar-refractivity contribution in [3.05, 3.63) is 29.6 Å². The van der Waals surface area contributed by atoms with E-state index in [1.165, 1.54) is 0 Å². The predicted molar refractivity (Wildman–Crippen MR) is 66.8 cm³/mol. The summed E-state index contributed by atoms with van der Waals surface area (Å²) in [6.07, 6.45) is 0. The maximum Gasteiger partial charge on any atom is 0.337 e. The van der Waals surface area contributed by atoms with Gasteiger partial charge in [-0.05, 0) is 18.2 Å². The van der Waals surface area contributed by atoms with Crippen LogP contribution in [0.1, 0.15) is 10.4 Å². The number of anilines is 1. The van der Waals surface area contributed by atoms with Gasteiger partial charge in [-0.3, -0.25) is 0 Å². The van der Waals surface area contributed by atoms with Crippen molar-refractivity contribution in [1.29, 1.82) is 0 Å². The highest BCUT2D eigenvalue weighted by Crippen LogP contribution is 2.18. The van der Waals surface area contributed by atoms with Gasteiger partial charge in [-0.2, -0.15) is 0 Å². The summed E-state index contributed by atoms with van der Waals surface area (Å²) >= 11 is 0. The third kappa shape index (κ3) is 3.19. The van der Waals surface area contributed by atoms with Crippen LogP contribution in [0.3, 0.4) is 0 Å². The Bertz CT molecular complexity index is 501. The summed E-state index contributed by atoms with van der Waals surface area (Å²) in [5.41, 5.74) is -0.166. The van der Waals surface area contributed by atoms with Gasteiger partial charge in [-0.1, -0.05) is 0 Å². The number of carboxylic acid groups (broad SMARTS) is 1. The van der Waals surface area contributed by atoms with Gasteiger partial charge in [0.05, 0.1) is 11.3 Å². The van der Waals surface area contributed by atoms with Gasteiger partial charge in [-0.15, -0.1) is 0 Å². The lowest BCUT2D eigenvalue weighted by Gasteiger charge is -2.27. The normalized spacial score (nSPS) is 15.1. The van der Waals surface area contributed by atoms with Gasteiger partial charge in [0.15, 0.2) is 0 Å². The highest BCUT2D eigenvalue weighted by atomic mass is 19.1. The third-order valence-electron chi connectivity index (χ3n) is 2.86. The van der Waals surface area contributed by atoms with E-state index in [1.807, 2.05) is 0 Å². The molecule has 0 bridgehead atoms. The average Bonchev–Trinajstić information content (AvgIpc) is 2.39. The number of carbonyl (C=O) groups excluding carboxylic acids is 1. The number of hydrogen-bond acceptors (Lipinski definition) is 3. The Morgan fingerprint density at radius 3 is 2.63 bits per heavy atom. The summed E-state index contributed by atoms with van der Waals surface area (Å²) in [7, 11) is 0. The summed E-state index contributed by atoms with van der Waals surface area (Å²) in [4.78, 5) is 24.5. The molecule has 2 rings (SSSR count). The number of nitrogens with one attached hydrogen (secondary N) is 2. The van der Waals surface area contributed by atoms with Gasteiger partial charge in [-0.25, -0.2) is 14.0 Å². The molecule has 0 radical (unpaired) electrons. The van der Waals surface area contributed by atoms with Crippen LogP contribution in [0.5, 0.6) is 0 Å². The summed E-state index contributed by atoms with van der Waals surface area (Å²) in [6, 6.07) is 2.76. The molecule has 0 saturated carbocycles. The van der Waals surface area contributed by atoms with E-state index in [0.717, 1.165) is 18.2 Å². The highest BCUT2D eigenvalue weighted by molar-refractivity contribution is 6.00. The number of urea groups is 1. The fourth-order valence-electron chi connectivity index (χ4n) is 1.87. The molecule has 102 valence electrons. The molecular weight excluding hydrogens is 253 g/mol. The molecule has 1 aliphatic rings. The van der Waals surface area contributed by atoms with Crippen LogP contribution in [0, 0.1) is 5.82 Å². The number of carboxylic acids is 1. The number of amides is 2. The van der Waals surface area contributed by atoms with Crippen molar-refractivity contribution < 1.29 is 19.1 Å². The van der Waals surface area contributed by atoms with Crippen molar-refractivity contribution in [1.82, 2.24) is 10.2 Å². The lowest BCUT2D eigenvalue weighted by atomic mass is 10.1. The van der Waals surface area contributed by atoms with E-state index in [2.05, 4.69) is 10.6 Å². The first-order valence-corrected chi connectivity index (χ1v) is 5.87. The fraction of sp³-hybridized carbons (Fsp3) is 0.333. The average molecular weight is 267 g/mol. The van der Waals surface area contributed by atoms with Gasteiger partial charge in [0.2, 0.25) is 0 Å². The molecule has 0 atom stereocenters. The molecule has 1 aromatic carbocycles. The molecule has 1 aliphatic heterocycles. The van der Waals surface area contributed by atoms with Crippen LogP contribution in [0.25, 0.3) is 0 Å². The van der Waals surface area contributed by atoms with Crippen LogP contribution >= 0.6 is 0 Å². The van der Waals surface area contributed by atoms with Crippen LogP contribution < -0.4 is 10.6 Å². The lowest BCUT2D eigenvalue weighted by Crippen LogP contribution is -2.48. The van der Waals surface area contributed by atoms with E-state index in [1.54, 1.807) is 4.90 Å². The van der Waals surface area contributed by atoms with Crippen LogP contribution in [0.2, 0.25) is 0 Å². The first-order chi connectivity index (χ1) is 9.08. The lowest BCUT2D eigenvalue weighted by molar-refractivity contribution is 0.0698. The number of hydrogen-bond donors (Lipinski definition) is 3. The fourth-order valence-corrected chi connectivity index (χ4v) is 1.87. The molecule has 6 nitrogen and oxygen atoms in total. The van der Waals surface area contributed by atoms with Crippen molar-refractivity contribution >= 4 is 17.7 Å². The summed E-state index contributed by atoms with van der Waals surface area (Å²) < 4.78 is 13.1. The second kappa shape index (κ2) is 5.66. The largest absolute Gasteiger partial charge is 0.478 e. The van der Waals surface area contributed by atoms with Crippen LogP contribution in [0.4, 0.5) is 14.9 Å². The maximum absolute atomic E-state index is 13.1. The monoisotopic (exact) mass is 267 g/mol. The second-order valence-electron chi connectivity index (χ2n) is 4.16. The molecule has 3 N–H and O–H groups in total. The molecule has 0 spiro atoms. The molecule has 1 heterocycles. The zero-order valence-corrected chi connectivity index (χ0v) is 10.1. The zero-order valence-electron chi connectivity index (χ0n) is 10.1. The molecule has 19 heavy (non-hydrogen) atoms. The molecular formula is C12H14FN3O3. The number of halogens is 1. The Balaban J connectivity index is 2.15. The molecule has 2 amide bonds. The summed E-state index contributed by atoms with van der Waals surface area (Å²) in [5, 5.41) is 14.5. The van der Waals surface area contributed by atoms with E-state index in [4.69, 9.17) is 5.11 Å². The van der Waals surface area contributed by atoms with Crippen LogP contribution in [0.15, 0.2) is 18.2 Å². The number of carbonyl (C=O) groups is 2. The zero-order chi connectivity index (χ0) is 13.8. The van der Waals surface area contributed by atoms with Crippen molar-refractivity contribution in [2.24, 2.45) is 0 Å². The van der Waals surface area contributed by atoms with Gasteiger partial charge in [0, 0.05) is 26.2 Å². The Kier molecular flexibility index (Phi) is 3.96. The molecule has 1 aromatic rings. The third-order valence-corrected chi connectivity index (χ3v) is 2.86. The van der Waals surface area contributed by atoms with E-state index in [9.17, 15) is 14.0 Å². The number of piperazine rings is 1. The van der Waals surface area contributed by atoms with Crippen molar-refractivity contribution in [3.8, 4) is 0 Å². The highest BCUT2D eigenvalue weighted by Gasteiger charge is 2.19. The first-order valence-electron chi connectivity index (χ1n) is 5.87. The Hall–Kier alpha value is -2.15. The topological polar surface area (TPSA) is 81.7 Å². The molecule has 1 saturated heterocycles. The van der Waals surface area contributed by atoms with Gasteiger partial charge in [0.1, 0.15) is 5.82 Å². The van der Waals surface area contributed by atoms with Gasteiger partial charge < -0.3 is 20.6 Å². The molecule has 0 aromatic heterocycles. The number of nitrogens with zero attached hydrogens (tertiary/aromatic N) is 1. The van der Waals surface area contributed by atoms with Crippen LogP contribution in [-0.2, 0) is 0 Å². The Morgan fingerprint density at radius 1 is 1.32 bits per heavy atom. The smallest absolute Gasteiger partial charge is 0.337 e. The Labute approximate surface area is 109 Å². The molecule has 0 unspecified atom stereocenters. The first kappa shape index (κ1) is 13.3. The van der Waals surface area contributed by atoms with Crippen molar-refractivity contribution in [2.75, 3.05) is 31.5 Å². The maximum atomic E-state index is 13.1. The molecule has 7 heteroatoms. The Morgan fingerprint density at radius 2 is 2.00 bits per heavy atom. The predicted octanol–water partition coefficient (Wildman–Crippen LogP) is 0.961. The molecule has 1 fully saturated rings. The second-order valence-corrected chi connectivity index (χ2v) is 4.16. The number of benzene rings is 1. The minimum Gasteiger partial charge on any atom is -0.478 e. The van der Waals surface area contributed by atoms with E-state index in [-0.39, 0.29) is 11.3 Å². The van der Waals surface area contributed by atoms with Crippen LogP contribution in [-0.4, -0.2) is 48.2 Å². The van der Waals surface area contributed by atoms with E-state index < -0.39 is 17.8 Å². The van der Waals surface area contributed by atoms with Crippen molar-refractivity contribution in [3.63, 3.8) is 0 Å². The SMILES string of the molecule is O=C(O)c1ccc(F)cc1NC(=O)N1CCNCC1. The molecule has 0 aliphatic carbocycles. The summed E-state index contributed by atoms with van der Waals surface area (Å²) in [6.45, 7) is 2.43. The standard InChI is InChI=1S/C12H14FN3O3/c13-8-1-2-9(11(17)18)10(7-8)15-12(19)16-5-3-14-4-6-16/h1-2,7,14H,3-6H2,(H,15,19)(H,17,18). The number of aromatic carboxylic acids is 1. The van der Waals surface area contributed by atoms with Gasteiger partial charge in [0.25, 0.3) is 0 Å². The minimum atomic E-state index is -1.21. The quantitative estimate of drug-likeness (QED) is 0.745.